The number of alkyl halides is 3. The smallest absolute Gasteiger partial charge is 0.416 e. The van der Waals surface area contributed by atoms with Gasteiger partial charge in [-0.2, -0.15) is 13.2 Å². The van der Waals surface area contributed by atoms with Gasteiger partial charge in [-0.25, -0.2) is 4.39 Å². The molecule has 1 N–H and O–H groups in total. The molecule has 2 aromatic carbocycles. The van der Waals surface area contributed by atoms with Crippen LogP contribution in [0.3, 0.4) is 0 Å². The van der Waals surface area contributed by atoms with Gasteiger partial charge in [-0.3, -0.25) is 14.4 Å². The number of carbonyl (C=O) groups is 3. The van der Waals surface area contributed by atoms with E-state index in [1.54, 1.807) is 0 Å². The van der Waals surface area contributed by atoms with E-state index in [4.69, 9.17) is 14.2 Å². The Kier molecular flexibility index (Phi) is 9.34. The average molecular weight is 471 g/mol. The van der Waals surface area contributed by atoms with Crippen LogP contribution in [0.2, 0.25) is 0 Å². The number of hydrogen-bond donors (Lipinski definition) is 1. The van der Waals surface area contributed by atoms with Crippen molar-refractivity contribution in [1.29, 1.82) is 0 Å². The summed E-state index contributed by atoms with van der Waals surface area (Å²) in [6.45, 7) is -0.582. The van der Waals surface area contributed by atoms with Crippen molar-refractivity contribution in [2.24, 2.45) is 0 Å². The van der Waals surface area contributed by atoms with Crippen molar-refractivity contribution in [2.75, 3.05) is 32.2 Å². The van der Waals surface area contributed by atoms with E-state index < -0.39 is 41.8 Å². The Labute approximate surface area is 186 Å². The molecule has 33 heavy (non-hydrogen) atoms. The van der Waals surface area contributed by atoms with Crippen LogP contribution in [0.4, 0.5) is 23.2 Å². The summed E-state index contributed by atoms with van der Waals surface area (Å²) in [5, 5.41) is 2.22. The monoisotopic (exact) mass is 471 g/mol. The van der Waals surface area contributed by atoms with Crippen LogP contribution in [-0.2, 0) is 25.2 Å². The van der Waals surface area contributed by atoms with Gasteiger partial charge in [0.25, 0.3) is 5.91 Å². The number of nitrogens with one attached hydrogen (secondary N) is 1. The lowest BCUT2D eigenvalue weighted by Crippen LogP contribution is -2.22. The molecule has 0 unspecified atom stereocenters. The topological polar surface area (TPSA) is 90.9 Å². The van der Waals surface area contributed by atoms with Gasteiger partial charge in [0.15, 0.2) is 12.4 Å². The molecule has 0 aromatic heterocycles. The van der Waals surface area contributed by atoms with Gasteiger partial charge in [-0.1, -0.05) is 0 Å². The molecule has 0 saturated heterocycles. The summed E-state index contributed by atoms with van der Waals surface area (Å²) in [7, 11) is 1.42. The van der Waals surface area contributed by atoms with Crippen molar-refractivity contribution < 1.29 is 46.2 Å². The number of ketones is 1. The van der Waals surface area contributed by atoms with E-state index in [1.165, 1.54) is 19.2 Å². The SMILES string of the molecule is COCCOc1ccc(C(F)(F)F)cc1NC(=O)COC(=O)CCC(=O)c1ccc(F)cc1. The lowest BCUT2D eigenvalue weighted by Gasteiger charge is -2.15. The number of anilines is 1. The van der Waals surface area contributed by atoms with Gasteiger partial charge in [-0.15, -0.1) is 0 Å². The van der Waals surface area contributed by atoms with Crippen LogP contribution in [0.25, 0.3) is 0 Å². The fraction of sp³-hybridized carbons (Fsp3) is 0.318. The molecule has 178 valence electrons. The molecule has 7 nitrogen and oxygen atoms in total. The van der Waals surface area contributed by atoms with Crippen LogP contribution >= 0.6 is 0 Å². The quantitative estimate of drug-likeness (QED) is 0.231. The number of benzene rings is 2. The first-order chi connectivity index (χ1) is 15.6. The van der Waals surface area contributed by atoms with E-state index >= 15 is 0 Å². The van der Waals surface area contributed by atoms with Crippen molar-refractivity contribution in [3.63, 3.8) is 0 Å². The van der Waals surface area contributed by atoms with Gasteiger partial charge in [0.05, 0.1) is 24.3 Å². The predicted octanol–water partition coefficient (Wildman–Crippen LogP) is 4.01. The van der Waals surface area contributed by atoms with Crippen LogP contribution in [0.5, 0.6) is 5.75 Å². The molecule has 2 aromatic rings. The summed E-state index contributed by atoms with van der Waals surface area (Å²) >= 11 is 0. The third-order valence-electron chi connectivity index (χ3n) is 4.21. The lowest BCUT2D eigenvalue weighted by molar-refractivity contribution is -0.147. The number of halogens is 4. The number of hydrogen-bond acceptors (Lipinski definition) is 6. The van der Waals surface area contributed by atoms with Gasteiger partial charge in [-0.05, 0) is 42.5 Å². The zero-order valence-electron chi connectivity index (χ0n) is 17.5. The van der Waals surface area contributed by atoms with Crippen molar-refractivity contribution in [2.45, 2.75) is 19.0 Å². The summed E-state index contributed by atoms with van der Waals surface area (Å²) in [6.07, 6.45) is -5.20. The Bertz CT molecular complexity index is 976. The first-order valence-corrected chi connectivity index (χ1v) is 9.67. The minimum atomic E-state index is -4.64. The van der Waals surface area contributed by atoms with Gasteiger partial charge in [0.2, 0.25) is 0 Å². The minimum absolute atomic E-state index is 0.0235. The predicted molar refractivity (Wildman–Crippen MR) is 108 cm³/mol. The van der Waals surface area contributed by atoms with Gasteiger partial charge in [0, 0.05) is 19.1 Å². The molecule has 0 atom stereocenters. The summed E-state index contributed by atoms with van der Waals surface area (Å²) < 4.78 is 66.8. The number of ether oxygens (including phenoxy) is 3. The van der Waals surface area contributed by atoms with E-state index in [2.05, 4.69) is 5.32 Å². The first kappa shape index (κ1) is 25.8. The van der Waals surface area contributed by atoms with Crippen LogP contribution < -0.4 is 10.1 Å². The second kappa shape index (κ2) is 12.0. The molecule has 0 aliphatic heterocycles. The van der Waals surface area contributed by atoms with Crippen LogP contribution in [0, 0.1) is 5.82 Å². The molecule has 0 fully saturated rings. The Morgan fingerprint density at radius 3 is 2.30 bits per heavy atom. The molecule has 0 aliphatic carbocycles. The van der Waals surface area contributed by atoms with Crippen LogP contribution in [0.1, 0.15) is 28.8 Å². The molecule has 0 heterocycles. The molecular weight excluding hydrogens is 450 g/mol. The zero-order chi connectivity index (χ0) is 24.4. The second-order valence-corrected chi connectivity index (χ2v) is 6.69. The Balaban J connectivity index is 1.91. The first-order valence-electron chi connectivity index (χ1n) is 9.67. The Morgan fingerprint density at radius 2 is 1.67 bits per heavy atom. The van der Waals surface area contributed by atoms with E-state index in [0.29, 0.717) is 6.07 Å². The second-order valence-electron chi connectivity index (χ2n) is 6.69. The molecule has 11 heteroatoms. The fourth-order valence-electron chi connectivity index (χ4n) is 2.57. The highest BCUT2D eigenvalue weighted by Crippen LogP contribution is 2.35. The maximum absolute atomic E-state index is 13.0. The number of methoxy groups -OCH3 is 1. The van der Waals surface area contributed by atoms with Crippen molar-refractivity contribution in [3.05, 3.63) is 59.4 Å². The van der Waals surface area contributed by atoms with E-state index in [0.717, 1.165) is 24.3 Å². The zero-order valence-corrected chi connectivity index (χ0v) is 17.5. The highest BCUT2D eigenvalue weighted by atomic mass is 19.4. The van der Waals surface area contributed by atoms with Crippen LogP contribution in [0.15, 0.2) is 42.5 Å². The highest BCUT2D eigenvalue weighted by Gasteiger charge is 2.31. The molecule has 0 saturated carbocycles. The van der Waals surface area contributed by atoms with E-state index in [9.17, 15) is 31.9 Å². The third kappa shape index (κ3) is 8.53. The number of amides is 1. The minimum Gasteiger partial charge on any atom is -0.489 e. The molecule has 0 spiro atoms. The summed E-state index contributed by atoms with van der Waals surface area (Å²) in [6, 6.07) is 7.32. The van der Waals surface area contributed by atoms with E-state index in [1.807, 2.05) is 0 Å². The molecule has 0 aliphatic rings. The largest absolute Gasteiger partial charge is 0.489 e. The fourth-order valence-corrected chi connectivity index (χ4v) is 2.57. The van der Waals surface area contributed by atoms with Crippen molar-refractivity contribution in [1.82, 2.24) is 0 Å². The Hall–Kier alpha value is -3.47. The summed E-state index contributed by atoms with van der Waals surface area (Å²) in [4.78, 5) is 35.9. The van der Waals surface area contributed by atoms with Gasteiger partial charge in [0.1, 0.15) is 18.2 Å². The molecule has 2 rings (SSSR count). The van der Waals surface area contributed by atoms with E-state index in [-0.39, 0.29) is 43.1 Å². The molecule has 1 amide bonds. The van der Waals surface area contributed by atoms with Gasteiger partial charge >= 0.3 is 12.1 Å². The summed E-state index contributed by atoms with van der Waals surface area (Å²) in [5.41, 5.74) is -1.05. The normalized spacial score (nSPS) is 11.1. The highest BCUT2D eigenvalue weighted by molar-refractivity contribution is 5.98. The van der Waals surface area contributed by atoms with Crippen LogP contribution in [-0.4, -0.2) is 44.6 Å². The molecule has 0 radical (unpaired) electrons. The number of rotatable bonds is 11. The number of carbonyl (C=O) groups excluding carboxylic acids is 3. The standard InChI is InChI=1S/C22H21F4NO6/c1-31-10-11-32-19-8-4-15(22(24,25)26)12-17(19)27-20(29)13-33-21(30)9-7-18(28)14-2-5-16(23)6-3-14/h2-6,8,12H,7,9-11,13H2,1H3,(H,27,29). The maximum atomic E-state index is 13.0. The molecular formula is C22H21F4NO6. The number of esters is 1. The third-order valence-corrected chi connectivity index (χ3v) is 4.21. The lowest BCUT2D eigenvalue weighted by atomic mass is 10.1. The molecule has 0 bridgehead atoms. The summed E-state index contributed by atoms with van der Waals surface area (Å²) in [5.74, 6) is -2.71. The van der Waals surface area contributed by atoms with Crippen molar-refractivity contribution >= 4 is 23.3 Å². The number of Topliss-reactive ketones (excluding diaryl/α,β-unsaturated/α-hetero) is 1. The Morgan fingerprint density at radius 1 is 0.970 bits per heavy atom. The van der Waals surface area contributed by atoms with Crippen molar-refractivity contribution in [3.8, 4) is 5.75 Å². The van der Waals surface area contributed by atoms with Gasteiger partial charge < -0.3 is 19.5 Å². The average Bonchev–Trinajstić information content (AvgIpc) is 2.77. The maximum Gasteiger partial charge on any atom is 0.416 e.